The van der Waals surface area contributed by atoms with Crippen LogP contribution in [0, 0.1) is 12.8 Å². The van der Waals surface area contributed by atoms with Crippen LogP contribution < -0.4 is 5.32 Å². The smallest absolute Gasteiger partial charge is 0.326 e. The summed E-state index contributed by atoms with van der Waals surface area (Å²) in [6.45, 7) is 1.92. The quantitative estimate of drug-likeness (QED) is 0.877. The minimum Gasteiger partial charge on any atom is -0.480 e. The van der Waals surface area contributed by atoms with Gasteiger partial charge in [-0.15, -0.1) is 0 Å². The number of carboxylic acids is 1. The molecule has 0 aliphatic heterocycles. The Kier molecular flexibility index (Phi) is 2.93. The molecule has 2 aromatic rings. The number of carboxylic acid groups (broad SMARTS) is 1. The summed E-state index contributed by atoms with van der Waals surface area (Å²) in [6, 6.07) is 4.78. The zero-order valence-electron chi connectivity index (χ0n) is 11.0. The van der Waals surface area contributed by atoms with Crippen LogP contribution in [-0.2, 0) is 4.79 Å². The monoisotopic (exact) mass is 273 g/mol. The van der Waals surface area contributed by atoms with Gasteiger partial charge in [0.15, 0.2) is 0 Å². The first-order valence-corrected chi connectivity index (χ1v) is 6.54. The van der Waals surface area contributed by atoms with Crippen molar-refractivity contribution in [3.63, 3.8) is 0 Å². The molecular weight excluding hydrogens is 258 g/mol. The molecule has 1 atom stereocenters. The number of hydrogen-bond acceptors (Lipinski definition) is 3. The molecule has 1 aliphatic rings. The molecule has 2 heterocycles. The molecule has 104 valence electrons. The van der Waals surface area contributed by atoms with Crippen LogP contribution in [-0.4, -0.2) is 32.4 Å². The van der Waals surface area contributed by atoms with E-state index >= 15 is 0 Å². The molecule has 6 heteroatoms. The molecule has 0 saturated heterocycles. The first kappa shape index (κ1) is 12.7. The number of aliphatic carboxylic acids is 1. The van der Waals surface area contributed by atoms with Crippen molar-refractivity contribution in [1.29, 1.82) is 0 Å². The Hall–Kier alpha value is -2.37. The molecule has 20 heavy (non-hydrogen) atoms. The van der Waals surface area contributed by atoms with E-state index in [1.165, 1.54) is 0 Å². The number of amides is 1. The van der Waals surface area contributed by atoms with Crippen LogP contribution in [0.4, 0.5) is 0 Å². The summed E-state index contributed by atoms with van der Waals surface area (Å²) >= 11 is 0. The zero-order chi connectivity index (χ0) is 14.3. The van der Waals surface area contributed by atoms with E-state index in [2.05, 4.69) is 10.3 Å². The molecule has 2 aromatic heterocycles. The molecule has 0 radical (unpaired) electrons. The normalized spacial score (nSPS) is 16.1. The fourth-order valence-electron chi connectivity index (χ4n) is 2.28. The second kappa shape index (κ2) is 4.63. The maximum Gasteiger partial charge on any atom is 0.326 e. The molecule has 1 fully saturated rings. The predicted octanol–water partition coefficient (Wildman–Crippen LogP) is 1.24. The Labute approximate surface area is 115 Å². The number of nitrogens with zero attached hydrogens (tertiary/aromatic N) is 2. The summed E-state index contributed by atoms with van der Waals surface area (Å²) in [6.07, 6.45) is 3.33. The number of imidazole rings is 1. The molecule has 1 saturated carbocycles. The maximum atomic E-state index is 12.1. The van der Waals surface area contributed by atoms with Gasteiger partial charge in [-0.3, -0.25) is 4.79 Å². The summed E-state index contributed by atoms with van der Waals surface area (Å²) in [4.78, 5) is 27.5. The molecule has 6 nitrogen and oxygen atoms in total. The Balaban J connectivity index is 1.85. The molecule has 3 rings (SSSR count). The van der Waals surface area contributed by atoms with E-state index in [0.29, 0.717) is 5.65 Å². The van der Waals surface area contributed by atoms with E-state index in [1.54, 1.807) is 12.3 Å². The average molecular weight is 273 g/mol. The fourth-order valence-corrected chi connectivity index (χ4v) is 2.28. The van der Waals surface area contributed by atoms with Crippen molar-refractivity contribution < 1.29 is 14.7 Å². The molecule has 0 aromatic carbocycles. The summed E-state index contributed by atoms with van der Waals surface area (Å²) in [5, 5.41) is 11.7. The molecule has 0 bridgehead atoms. The number of fused-ring (bicyclic) bond motifs is 1. The number of pyridine rings is 1. The number of aryl methyl sites for hydroxylation is 1. The highest BCUT2D eigenvalue weighted by Crippen LogP contribution is 2.32. The van der Waals surface area contributed by atoms with Crippen molar-refractivity contribution in [2.24, 2.45) is 5.92 Å². The van der Waals surface area contributed by atoms with Gasteiger partial charge in [0.05, 0.1) is 0 Å². The van der Waals surface area contributed by atoms with Crippen molar-refractivity contribution in [1.82, 2.24) is 14.7 Å². The molecule has 0 spiro atoms. The van der Waals surface area contributed by atoms with Crippen LogP contribution >= 0.6 is 0 Å². The van der Waals surface area contributed by atoms with Crippen LogP contribution in [0.25, 0.3) is 5.65 Å². The number of hydrogen-bond donors (Lipinski definition) is 2. The molecule has 1 unspecified atom stereocenters. The number of rotatable bonds is 4. The number of nitrogens with one attached hydrogen (secondary N) is 1. The second-order valence-corrected chi connectivity index (χ2v) is 5.15. The topological polar surface area (TPSA) is 83.7 Å². The van der Waals surface area contributed by atoms with Gasteiger partial charge in [0.2, 0.25) is 0 Å². The lowest BCUT2D eigenvalue weighted by Gasteiger charge is -2.11. The van der Waals surface area contributed by atoms with E-state index in [9.17, 15) is 9.59 Å². The minimum atomic E-state index is -0.985. The van der Waals surface area contributed by atoms with E-state index < -0.39 is 17.9 Å². The summed E-state index contributed by atoms with van der Waals surface area (Å²) < 4.78 is 1.81. The van der Waals surface area contributed by atoms with Crippen LogP contribution in [0.1, 0.15) is 29.0 Å². The van der Waals surface area contributed by atoms with Crippen LogP contribution in [0.2, 0.25) is 0 Å². The summed E-state index contributed by atoms with van der Waals surface area (Å²) in [5.74, 6) is -1.37. The number of carbonyl (C=O) groups is 2. The first-order chi connectivity index (χ1) is 9.56. The van der Waals surface area contributed by atoms with Crippen LogP contribution in [0.15, 0.2) is 24.4 Å². The highest BCUT2D eigenvalue weighted by molar-refractivity contribution is 5.95. The average Bonchev–Trinajstić information content (AvgIpc) is 3.13. The van der Waals surface area contributed by atoms with Gasteiger partial charge in [0.25, 0.3) is 5.91 Å². The summed E-state index contributed by atoms with van der Waals surface area (Å²) in [5.41, 5.74) is 1.88. The first-order valence-electron chi connectivity index (χ1n) is 6.54. The van der Waals surface area contributed by atoms with Crippen molar-refractivity contribution in [2.45, 2.75) is 25.8 Å². The molecule has 1 amide bonds. The lowest BCUT2D eigenvalue weighted by atomic mass is 10.2. The maximum absolute atomic E-state index is 12.1. The second-order valence-electron chi connectivity index (χ2n) is 5.15. The highest BCUT2D eigenvalue weighted by atomic mass is 16.4. The van der Waals surface area contributed by atoms with Crippen molar-refractivity contribution in [2.75, 3.05) is 0 Å². The fraction of sp³-hybridized carbons (Fsp3) is 0.357. The molecular formula is C14H15N3O3. The van der Waals surface area contributed by atoms with Gasteiger partial charge >= 0.3 is 5.97 Å². The van der Waals surface area contributed by atoms with Crippen molar-refractivity contribution in [3.05, 3.63) is 35.8 Å². The van der Waals surface area contributed by atoms with Gasteiger partial charge in [-0.25, -0.2) is 9.78 Å². The van der Waals surface area contributed by atoms with E-state index in [1.807, 2.05) is 23.5 Å². The largest absolute Gasteiger partial charge is 0.480 e. The Bertz CT molecular complexity index is 688. The van der Waals surface area contributed by atoms with Crippen molar-refractivity contribution >= 4 is 17.5 Å². The zero-order valence-corrected chi connectivity index (χ0v) is 11.0. The lowest BCUT2D eigenvalue weighted by molar-refractivity contribution is -0.139. The number of aromatic nitrogens is 2. The van der Waals surface area contributed by atoms with E-state index in [4.69, 9.17) is 5.11 Å². The van der Waals surface area contributed by atoms with Gasteiger partial charge < -0.3 is 14.8 Å². The SMILES string of the molecule is Cc1cccc2nc(C(=O)NC(C(=O)O)C3CC3)cn12. The van der Waals surface area contributed by atoms with Gasteiger partial charge in [0.1, 0.15) is 17.4 Å². The van der Waals surface area contributed by atoms with Gasteiger partial charge in [-0.2, -0.15) is 0 Å². The van der Waals surface area contributed by atoms with Crippen LogP contribution in [0.5, 0.6) is 0 Å². The third-order valence-electron chi connectivity index (χ3n) is 3.57. The Morgan fingerprint density at radius 2 is 2.20 bits per heavy atom. The van der Waals surface area contributed by atoms with Gasteiger partial charge in [-0.1, -0.05) is 6.07 Å². The van der Waals surface area contributed by atoms with Gasteiger partial charge in [0, 0.05) is 11.9 Å². The van der Waals surface area contributed by atoms with E-state index in [0.717, 1.165) is 18.5 Å². The number of carbonyl (C=O) groups excluding carboxylic acids is 1. The van der Waals surface area contributed by atoms with E-state index in [-0.39, 0.29) is 11.6 Å². The Morgan fingerprint density at radius 1 is 1.45 bits per heavy atom. The minimum absolute atomic E-state index is 0.0511. The lowest BCUT2D eigenvalue weighted by Crippen LogP contribution is -2.42. The highest BCUT2D eigenvalue weighted by Gasteiger charge is 2.37. The Morgan fingerprint density at radius 3 is 2.80 bits per heavy atom. The third-order valence-corrected chi connectivity index (χ3v) is 3.57. The third kappa shape index (κ3) is 2.24. The molecule has 1 aliphatic carbocycles. The van der Waals surface area contributed by atoms with Crippen molar-refractivity contribution in [3.8, 4) is 0 Å². The summed E-state index contributed by atoms with van der Waals surface area (Å²) in [7, 11) is 0. The molecule has 2 N–H and O–H groups in total. The predicted molar refractivity (Wildman–Crippen MR) is 71.5 cm³/mol. The van der Waals surface area contributed by atoms with Crippen LogP contribution in [0.3, 0.4) is 0 Å². The van der Waals surface area contributed by atoms with Gasteiger partial charge in [-0.05, 0) is 37.8 Å². The standard InChI is InChI=1S/C14H15N3O3/c1-8-3-2-4-11-15-10(7-17(8)11)13(18)16-12(14(19)20)9-5-6-9/h2-4,7,9,12H,5-6H2,1H3,(H,16,18)(H,19,20).